The van der Waals surface area contributed by atoms with Gasteiger partial charge in [0.1, 0.15) is 5.75 Å². The number of hydrogen-bond donors (Lipinski definition) is 2. The third-order valence-corrected chi connectivity index (χ3v) is 3.51. The Bertz CT molecular complexity index is 480. The molecule has 0 saturated carbocycles. The van der Waals surface area contributed by atoms with Crippen LogP contribution in [-0.2, 0) is 4.79 Å². The van der Waals surface area contributed by atoms with Gasteiger partial charge in [-0.2, -0.15) is 0 Å². The highest BCUT2D eigenvalue weighted by molar-refractivity contribution is 5.77. The van der Waals surface area contributed by atoms with Crippen molar-refractivity contribution in [3.05, 3.63) is 35.9 Å². The van der Waals surface area contributed by atoms with Crippen molar-refractivity contribution in [3.8, 4) is 5.75 Å². The van der Waals surface area contributed by atoms with E-state index >= 15 is 0 Å². The van der Waals surface area contributed by atoms with Gasteiger partial charge in [-0.25, -0.2) is 0 Å². The lowest BCUT2D eigenvalue weighted by Crippen LogP contribution is -2.29. The van der Waals surface area contributed by atoms with Crippen LogP contribution in [0.5, 0.6) is 5.75 Å². The fourth-order valence-electron chi connectivity index (χ4n) is 2.25. The lowest BCUT2D eigenvalue weighted by Gasteiger charge is -2.14. The number of amides is 1. The minimum Gasteiger partial charge on any atom is -0.484 e. The number of carbonyl (C=O) groups excluding carboxylic acids is 1. The van der Waals surface area contributed by atoms with Crippen LogP contribution in [0.15, 0.2) is 30.3 Å². The van der Waals surface area contributed by atoms with Crippen molar-refractivity contribution in [1.82, 2.24) is 10.6 Å². The van der Waals surface area contributed by atoms with Gasteiger partial charge >= 0.3 is 0 Å². The number of unbranched alkanes of at least 4 members (excludes halogenated alkanes) is 1. The van der Waals surface area contributed by atoms with E-state index in [0.29, 0.717) is 0 Å². The average Bonchev–Trinajstić information content (AvgIpc) is 2.54. The van der Waals surface area contributed by atoms with E-state index in [1.54, 1.807) is 0 Å². The second kappa shape index (κ2) is 8.47. The SMILES string of the molecule is CCCCNC(=O)COc1ccc(C2=CCNCC2)cc1. The Balaban J connectivity index is 1.79. The summed E-state index contributed by atoms with van der Waals surface area (Å²) >= 11 is 0. The predicted octanol–water partition coefficient (Wildman–Crippen LogP) is 2.36. The second-order valence-electron chi connectivity index (χ2n) is 5.20. The van der Waals surface area contributed by atoms with E-state index in [0.717, 1.165) is 44.6 Å². The zero-order valence-electron chi connectivity index (χ0n) is 12.7. The van der Waals surface area contributed by atoms with Crippen LogP contribution in [0.1, 0.15) is 31.7 Å². The molecule has 0 fully saturated rings. The molecule has 114 valence electrons. The van der Waals surface area contributed by atoms with Gasteiger partial charge in [-0.3, -0.25) is 4.79 Å². The maximum Gasteiger partial charge on any atom is 0.257 e. The van der Waals surface area contributed by atoms with Crippen molar-refractivity contribution >= 4 is 11.5 Å². The van der Waals surface area contributed by atoms with Gasteiger partial charge in [0, 0.05) is 13.1 Å². The smallest absolute Gasteiger partial charge is 0.257 e. The zero-order chi connectivity index (χ0) is 14.9. The molecule has 0 bridgehead atoms. The van der Waals surface area contributed by atoms with Gasteiger partial charge in [-0.1, -0.05) is 31.6 Å². The molecule has 0 saturated heterocycles. The van der Waals surface area contributed by atoms with Crippen molar-refractivity contribution < 1.29 is 9.53 Å². The summed E-state index contributed by atoms with van der Waals surface area (Å²) in [4.78, 5) is 11.6. The summed E-state index contributed by atoms with van der Waals surface area (Å²) in [7, 11) is 0. The van der Waals surface area contributed by atoms with Crippen molar-refractivity contribution in [2.24, 2.45) is 0 Å². The summed E-state index contributed by atoms with van der Waals surface area (Å²) in [5, 5.41) is 6.14. The second-order valence-corrected chi connectivity index (χ2v) is 5.20. The molecule has 0 spiro atoms. The first-order valence-corrected chi connectivity index (χ1v) is 7.69. The van der Waals surface area contributed by atoms with Crippen molar-refractivity contribution in [3.63, 3.8) is 0 Å². The maximum atomic E-state index is 11.6. The van der Waals surface area contributed by atoms with E-state index in [4.69, 9.17) is 4.74 Å². The molecule has 2 N–H and O–H groups in total. The zero-order valence-corrected chi connectivity index (χ0v) is 12.7. The minimum absolute atomic E-state index is 0.0615. The first kappa shape index (κ1) is 15.6. The molecule has 0 aromatic heterocycles. The van der Waals surface area contributed by atoms with Gasteiger partial charge < -0.3 is 15.4 Å². The van der Waals surface area contributed by atoms with Crippen LogP contribution < -0.4 is 15.4 Å². The van der Waals surface area contributed by atoms with Gasteiger partial charge in [0.2, 0.25) is 0 Å². The Kier molecular flexibility index (Phi) is 6.28. The number of nitrogens with one attached hydrogen (secondary N) is 2. The third-order valence-electron chi connectivity index (χ3n) is 3.51. The highest BCUT2D eigenvalue weighted by Crippen LogP contribution is 2.22. The molecule has 0 unspecified atom stereocenters. The van der Waals surface area contributed by atoms with Crippen LogP contribution in [0.4, 0.5) is 0 Å². The molecule has 1 amide bonds. The predicted molar refractivity (Wildman–Crippen MR) is 85.3 cm³/mol. The lowest BCUT2D eigenvalue weighted by molar-refractivity contribution is -0.123. The Hall–Kier alpha value is -1.81. The highest BCUT2D eigenvalue weighted by Gasteiger charge is 2.06. The molecule has 2 rings (SSSR count). The standard InChI is InChI=1S/C17H24N2O2/c1-2-3-10-19-17(20)13-21-16-6-4-14(5-7-16)15-8-11-18-12-9-15/h4-8,18H,2-3,9-13H2,1H3,(H,19,20). The summed E-state index contributed by atoms with van der Waals surface area (Å²) in [6.45, 7) is 4.87. The van der Waals surface area contributed by atoms with Crippen LogP contribution in [0.2, 0.25) is 0 Å². The topological polar surface area (TPSA) is 50.4 Å². The summed E-state index contributed by atoms with van der Waals surface area (Å²) in [6.07, 6.45) is 5.36. The molecule has 4 heteroatoms. The van der Waals surface area contributed by atoms with Gasteiger partial charge in [0.25, 0.3) is 5.91 Å². The summed E-state index contributed by atoms with van der Waals surface area (Å²) in [5.41, 5.74) is 2.61. The van der Waals surface area contributed by atoms with E-state index in [2.05, 4.69) is 35.8 Å². The fourth-order valence-corrected chi connectivity index (χ4v) is 2.25. The molecule has 0 aliphatic carbocycles. The molecule has 1 heterocycles. The Morgan fingerprint density at radius 3 is 2.81 bits per heavy atom. The van der Waals surface area contributed by atoms with E-state index in [1.165, 1.54) is 11.1 Å². The minimum atomic E-state index is -0.0615. The fraction of sp³-hybridized carbons (Fsp3) is 0.471. The average molecular weight is 288 g/mol. The largest absolute Gasteiger partial charge is 0.484 e. The monoisotopic (exact) mass is 288 g/mol. The van der Waals surface area contributed by atoms with Gasteiger partial charge in [-0.15, -0.1) is 0 Å². The molecule has 1 aromatic carbocycles. The quantitative estimate of drug-likeness (QED) is 0.757. The maximum absolute atomic E-state index is 11.6. The van der Waals surface area contributed by atoms with Crippen molar-refractivity contribution in [2.45, 2.75) is 26.2 Å². The van der Waals surface area contributed by atoms with E-state index in [1.807, 2.05) is 12.1 Å². The first-order valence-electron chi connectivity index (χ1n) is 7.69. The normalized spacial score (nSPS) is 14.4. The molecule has 0 atom stereocenters. The van der Waals surface area contributed by atoms with Crippen LogP contribution >= 0.6 is 0 Å². The molecular weight excluding hydrogens is 264 g/mol. The van der Waals surface area contributed by atoms with E-state index < -0.39 is 0 Å². The van der Waals surface area contributed by atoms with Gasteiger partial charge in [0.15, 0.2) is 6.61 Å². The number of rotatable bonds is 7. The third kappa shape index (κ3) is 5.23. The molecule has 4 nitrogen and oxygen atoms in total. The number of carbonyl (C=O) groups is 1. The lowest BCUT2D eigenvalue weighted by atomic mass is 10.0. The molecule has 21 heavy (non-hydrogen) atoms. The Morgan fingerprint density at radius 1 is 1.33 bits per heavy atom. The summed E-state index contributed by atoms with van der Waals surface area (Å²) in [6, 6.07) is 7.97. The Labute approximate surface area is 126 Å². The molecular formula is C17H24N2O2. The van der Waals surface area contributed by atoms with E-state index in [9.17, 15) is 4.79 Å². The number of hydrogen-bond acceptors (Lipinski definition) is 3. The number of benzene rings is 1. The van der Waals surface area contributed by atoms with Crippen LogP contribution in [0.3, 0.4) is 0 Å². The van der Waals surface area contributed by atoms with Crippen LogP contribution in [0.25, 0.3) is 5.57 Å². The summed E-state index contributed by atoms with van der Waals surface area (Å²) in [5.74, 6) is 0.674. The molecule has 1 aromatic rings. The van der Waals surface area contributed by atoms with Gasteiger partial charge in [0.05, 0.1) is 0 Å². The molecule has 1 aliphatic rings. The molecule has 1 aliphatic heterocycles. The van der Waals surface area contributed by atoms with Crippen LogP contribution in [0, 0.1) is 0 Å². The first-order chi connectivity index (χ1) is 10.3. The Morgan fingerprint density at radius 2 is 2.14 bits per heavy atom. The summed E-state index contributed by atoms with van der Waals surface area (Å²) < 4.78 is 5.50. The van der Waals surface area contributed by atoms with Crippen molar-refractivity contribution in [2.75, 3.05) is 26.2 Å². The highest BCUT2D eigenvalue weighted by atomic mass is 16.5. The van der Waals surface area contributed by atoms with Crippen LogP contribution in [-0.4, -0.2) is 32.1 Å². The number of ether oxygens (including phenoxy) is 1. The van der Waals surface area contributed by atoms with Crippen molar-refractivity contribution in [1.29, 1.82) is 0 Å². The molecule has 0 radical (unpaired) electrons. The van der Waals surface area contributed by atoms with E-state index in [-0.39, 0.29) is 12.5 Å². The van der Waals surface area contributed by atoms with Gasteiger partial charge in [-0.05, 0) is 42.7 Å².